The number of carbonyl (C=O) groups excluding carboxylic acids is 1. The van der Waals surface area contributed by atoms with Crippen molar-refractivity contribution in [2.45, 2.75) is 38.5 Å². The maximum absolute atomic E-state index is 12.7. The summed E-state index contributed by atoms with van der Waals surface area (Å²) >= 11 is 0. The van der Waals surface area contributed by atoms with E-state index in [-0.39, 0.29) is 0 Å². The monoisotopic (exact) mass is 353 g/mol. The number of benzene rings is 2. The Labute approximate surface area is 153 Å². The molecule has 0 aliphatic carbocycles. The van der Waals surface area contributed by atoms with Gasteiger partial charge in [-0.3, -0.25) is 0 Å². The van der Waals surface area contributed by atoms with Crippen LogP contribution < -0.4 is 4.74 Å². The largest absolute Gasteiger partial charge is 0.497 e. The van der Waals surface area contributed by atoms with Gasteiger partial charge in [0.15, 0.2) is 12.1 Å². The van der Waals surface area contributed by atoms with Crippen molar-refractivity contribution in [2.24, 2.45) is 4.99 Å². The maximum Gasteiger partial charge on any atom is 0.335 e. The van der Waals surface area contributed by atoms with Crippen molar-refractivity contribution >= 4 is 11.9 Å². The summed E-state index contributed by atoms with van der Waals surface area (Å²) in [5.74, 6) is 0.788. The van der Waals surface area contributed by atoms with E-state index in [9.17, 15) is 4.79 Å². The molecule has 136 valence electrons. The molecule has 2 aromatic rings. The van der Waals surface area contributed by atoms with Crippen LogP contribution in [0, 0.1) is 0 Å². The Morgan fingerprint density at radius 1 is 1.04 bits per heavy atom. The minimum Gasteiger partial charge on any atom is -0.497 e. The minimum atomic E-state index is -0.752. The van der Waals surface area contributed by atoms with Crippen LogP contribution in [0.1, 0.15) is 38.0 Å². The van der Waals surface area contributed by atoms with Gasteiger partial charge in [0.25, 0.3) is 0 Å². The molecule has 0 radical (unpaired) electrons. The van der Waals surface area contributed by atoms with Gasteiger partial charge >= 0.3 is 5.97 Å². The first-order chi connectivity index (χ1) is 12.4. The second-order valence-corrected chi connectivity index (χ2v) is 7.09. The van der Waals surface area contributed by atoms with Gasteiger partial charge in [-0.05, 0) is 50.6 Å². The Bertz CT molecular complexity index is 791. The molecule has 0 bridgehead atoms. The van der Waals surface area contributed by atoms with Crippen LogP contribution in [0.3, 0.4) is 0 Å². The zero-order chi connectivity index (χ0) is 18.7. The van der Waals surface area contributed by atoms with Crippen LogP contribution in [0.25, 0.3) is 0 Å². The first-order valence-electron chi connectivity index (χ1n) is 8.54. The summed E-state index contributed by atoms with van der Waals surface area (Å²) in [6.45, 7) is 5.51. The molecule has 0 fully saturated rings. The van der Waals surface area contributed by atoms with Gasteiger partial charge in [-0.2, -0.15) is 0 Å². The molecule has 0 aromatic heterocycles. The number of nitrogens with zero attached hydrogens (tertiary/aromatic N) is 1. The van der Waals surface area contributed by atoms with Gasteiger partial charge in [0, 0.05) is 5.56 Å². The van der Waals surface area contributed by atoms with E-state index >= 15 is 0 Å². The number of hydrogen-bond acceptors (Lipinski definition) is 5. The molecule has 0 saturated carbocycles. The second kappa shape index (κ2) is 7.20. The molecule has 26 heavy (non-hydrogen) atoms. The summed E-state index contributed by atoms with van der Waals surface area (Å²) in [7, 11) is 1.61. The van der Waals surface area contributed by atoms with E-state index < -0.39 is 23.7 Å². The predicted octanol–water partition coefficient (Wildman–Crippen LogP) is 3.92. The molecular formula is C21H23NO4. The molecule has 2 atom stereocenters. The Morgan fingerprint density at radius 3 is 2.27 bits per heavy atom. The third kappa shape index (κ3) is 4.04. The highest BCUT2D eigenvalue weighted by Crippen LogP contribution is 2.33. The predicted molar refractivity (Wildman–Crippen MR) is 99.4 cm³/mol. The van der Waals surface area contributed by atoms with Gasteiger partial charge < -0.3 is 14.2 Å². The topological polar surface area (TPSA) is 57.1 Å². The van der Waals surface area contributed by atoms with Crippen LogP contribution in [0.4, 0.5) is 0 Å². The third-order valence-corrected chi connectivity index (χ3v) is 3.90. The van der Waals surface area contributed by atoms with Crippen LogP contribution in [-0.2, 0) is 14.3 Å². The van der Waals surface area contributed by atoms with Crippen LogP contribution in [-0.4, -0.2) is 30.6 Å². The van der Waals surface area contributed by atoms with Crippen LogP contribution in [0.5, 0.6) is 5.75 Å². The lowest BCUT2D eigenvalue weighted by Crippen LogP contribution is -2.33. The lowest BCUT2D eigenvalue weighted by Gasteiger charge is -2.23. The molecule has 1 aliphatic heterocycles. The van der Waals surface area contributed by atoms with E-state index in [1.165, 1.54) is 0 Å². The quantitative estimate of drug-likeness (QED) is 0.782. The van der Waals surface area contributed by atoms with E-state index in [0.29, 0.717) is 5.90 Å². The van der Waals surface area contributed by atoms with Crippen molar-refractivity contribution in [2.75, 3.05) is 7.11 Å². The summed E-state index contributed by atoms with van der Waals surface area (Å²) in [6, 6.07) is 16.2. The zero-order valence-electron chi connectivity index (χ0n) is 15.4. The summed E-state index contributed by atoms with van der Waals surface area (Å²) in [4.78, 5) is 17.2. The molecule has 0 N–H and O–H groups in total. The second-order valence-electron chi connectivity index (χ2n) is 7.09. The van der Waals surface area contributed by atoms with E-state index in [2.05, 4.69) is 4.99 Å². The molecule has 5 heteroatoms. The molecule has 0 saturated heterocycles. The van der Waals surface area contributed by atoms with Gasteiger partial charge in [-0.1, -0.05) is 30.3 Å². The molecule has 1 heterocycles. The maximum atomic E-state index is 12.7. The molecular weight excluding hydrogens is 330 g/mol. The fourth-order valence-corrected chi connectivity index (χ4v) is 2.71. The number of methoxy groups -OCH3 is 1. The Kier molecular flexibility index (Phi) is 4.98. The summed E-state index contributed by atoms with van der Waals surface area (Å²) < 4.78 is 16.8. The van der Waals surface area contributed by atoms with Gasteiger partial charge in [-0.15, -0.1) is 0 Å². The smallest absolute Gasteiger partial charge is 0.335 e. The van der Waals surface area contributed by atoms with Crippen LogP contribution in [0.2, 0.25) is 0 Å². The van der Waals surface area contributed by atoms with Crippen molar-refractivity contribution in [3.05, 3.63) is 65.7 Å². The zero-order valence-corrected chi connectivity index (χ0v) is 15.4. The number of esters is 1. The van der Waals surface area contributed by atoms with Crippen molar-refractivity contribution in [3.8, 4) is 5.75 Å². The average molecular weight is 353 g/mol. The highest BCUT2D eigenvalue weighted by Gasteiger charge is 2.40. The average Bonchev–Trinajstić information content (AvgIpc) is 3.07. The van der Waals surface area contributed by atoms with Crippen molar-refractivity contribution in [1.82, 2.24) is 0 Å². The lowest BCUT2D eigenvalue weighted by atomic mass is 10.0. The van der Waals surface area contributed by atoms with Gasteiger partial charge in [-0.25, -0.2) is 9.79 Å². The van der Waals surface area contributed by atoms with Gasteiger partial charge in [0.1, 0.15) is 11.4 Å². The van der Waals surface area contributed by atoms with Crippen LogP contribution in [0.15, 0.2) is 59.6 Å². The standard InChI is InChI=1S/C21H23NO4/c1-21(2,3)26-20(23)17-18(14-10-12-16(24-4)13-11-14)25-19(22-17)15-8-6-5-7-9-15/h5-13,17-18H,1-4H3/t17-,18+/m0/s1. The fourth-order valence-electron chi connectivity index (χ4n) is 2.71. The number of hydrogen-bond donors (Lipinski definition) is 0. The van der Waals surface area contributed by atoms with E-state index in [1.807, 2.05) is 75.4 Å². The highest BCUT2D eigenvalue weighted by molar-refractivity contribution is 5.98. The fraction of sp³-hybridized carbons (Fsp3) is 0.333. The first kappa shape index (κ1) is 18.0. The SMILES string of the molecule is COc1ccc([C@H]2OC(c3ccccc3)=N[C@@H]2C(=O)OC(C)(C)C)cc1. The van der Waals surface area contributed by atoms with E-state index in [4.69, 9.17) is 14.2 Å². The summed E-state index contributed by atoms with van der Waals surface area (Å²) in [6.07, 6.45) is -0.536. The first-order valence-corrected chi connectivity index (χ1v) is 8.54. The van der Waals surface area contributed by atoms with Crippen LogP contribution >= 0.6 is 0 Å². The highest BCUT2D eigenvalue weighted by atomic mass is 16.6. The third-order valence-electron chi connectivity index (χ3n) is 3.90. The van der Waals surface area contributed by atoms with E-state index in [0.717, 1.165) is 16.9 Å². The Hall–Kier alpha value is -2.82. The van der Waals surface area contributed by atoms with Gasteiger partial charge in [0.05, 0.1) is 7.11 Å². The Balaban J connectivity index is 1.92. The normalized spacial score (nSPS) is 19.5. The molecule has 0 spiro atoms. The van der Waals surface area contributed by atoms with Crippen molar-refractivity contribution < 1.29 is 19.0 Å². The number of carbonyl (C=O) groups is 1. The van der Waals surface area contributed by atoms with Crippen molar-refractivity contribution in [1.29, 1.82) is 0 Å². The summed E-state index contributed by atoms with van der Waals surface area (Å²) in [5, 5.41) is 0. The number of ether oxygens (including phenoxy) is 3. The number of rotatable bonds is 4. The molecule has 0 amide bonds. The molecule has 5 nitrogen and oxygen atoms in total. The molecule has 1 aliphatic rings. The molecule has 3 rings (SSSR count). The van der Waals surface area contributed by atoms with Crippen molar-refractivity contribution in [3.63, 3.8) is 0 Å². The number of aliphatic imine (C=N–C) groups is 1. The molecule has 0 unspecified atom stereocenters. The van der Waals surface area contributed by atoms with Gasteiger partial charge in [0.2, 0.25) is 5.90 Å². The van der Waals surface area contributed by atoms with E-state index in [1.54, 1.807) is 7.11 Å². The molecule has 2 aromatic carbocycles. The Morgan fingerprint density at radius 2 is 1.69 bits per heavy atom. The summed E-state index contributed by atoms with van der Waals surface area (Å²) in [5.41, 5.74) is 1.08. The lowest BCUT2D eigenvalue weighted by molar-refractivity contribution is -0.158. The minimum absolute atomic E-state index is 0.399.